The van der Waals surface area contributed by atoms with E-state index in [2.05, 4.69) is 9.97 Å². The SMILES string of the molecule is CCOC(=O)c1[nH]c(C)c(C(=O)[C@@H](C)N(CCc2ccccn2)C(=O)c2ccc(F)cc2)c1C. The molecular formula is C26H28FN3O4. The van der Waals surface area contributed by atoms with Gasteiger partial charge in [-0.15, -0.1) is 0 Å². The van der Waals surface area contributed by atoms with Crippen LogP contribution in [0.25, 0.3) is 0 Å². The lowest BCUT2D eigenvalue weighted by atomic mass is 9.99. The predicted molar refractivity (Wildman–Crippen MR) is 125 cm³/mol. The van der Waals surface area contributed by atoms with Crippen molar-refractivity contribution >= 4 is 17.7 Å². The van der Waals surface area contributed by atoms with Crippen molar-refractivity contribution in [1.29, 1.82) is 0 Å². The van der Waals surface area contributed by atoms with Crippen molar-refractivity contribution in [3.05, 3.63) is 88.3 Å². The van der Waals surface area contributed by atoms with Crippen LogP contribution in [0.1, 0.15) is 62.0 Å². The molecule has 0 saturated carbocycles. The van der Waals surface area contributed by atoms with Gasteiger partial charge in [0.15, 0.2) is 5.78 Å². The quantitative estimate of drug-likeness (QED) is 0.376. The van der Waals surface area contributed by atoms with Gasteiger partial charge in [0, 0.05) is 41.7 Å². The molecule has 2 aromatic heterocycles. The molecule has 7 nitrogen and oxygen atoms in total. The first-order valence-corrected chi connectivity index (χ1v) is 11.1. The van der Waals surface area contributed by atoms with Gasteiger partial charge in [-0.3, -0.25) is 14.6 Å². The van der Waals surface area contributed by atoms with Gasteiger partial charge in [-0.1, -0.05) is 6.07 Å². The number of aryl methyl sites for hydroxylation is 1. The van der Waals surface area contributed by atoms with Gasteiger partial charge in [0.25, 0.3) is 5.91 Å². The zero-order valence-electron chi connectivity index (χ0n) is 19.7. The number of hydrogen-bond acceptors (Lipinski definition) is 5. The Balaban J connectivity index is 1.93. The summed E-state index contributed by atoms with van der Waals surface area (Å²) in [7, 11) is 0. The Labute approximate surface area is 198 Å². The third-order valence-corrected chi connectivity index (χ3v) is 5.70. The summed E-state index contributed by atoms with van der Waals surface area (Å²) >= 11 is 0. The van der Waals surface area contributed by atoms with E-state index in [4.69, 9.17) is 4.74 Å². The highest BCUT2D eigenvalue weighted by Gasteiger charge is 2.31. The second-order valence-corrected chi connectivity index (χ2v) is 7.96. The third-order valence-electron chi connectivity index (χ3n) is 5.70. The number of aromatic amines is 1. The number of nitrogens with zero attached hydrogens (tertiary/aromatic N) is 2. The minimum atomic E-state index is -0.843. The van der Waals surface area contributed by atoms with Crippen LogP contribution >= 0.6 is 0 Å². The molecule has 1 N–H and O–H groups in total. The maximum Gasteiger partial charge on any atom is 0.355 e. The Bertz CT molecular complexity index is 1170. The fourth-order valence-corrected chi connectivity index (χ4v) is 3.89. The van der Waals surface area contributed by atoms with Crippen LogP contribution in [0.2, 0.25) is 0 Å². The van der Waals surface area contributed by atoms with E-state index in [0.717, 1.165) is 5.69 Å². The minimum absolute atomic E-state index is 0.212. The number of carbonyl (C=O) groups is 3. The van der Waals surface area contributed by atoms with Crippen molar-refractivity contribution < 1.29 is 23.5 Å². The van der Waals surface area contributed by atoms with Crippen LogP contribution in [0, 0.1) is 19.7 Å². The third kappa shape index (κ3) is 5.39. The fraction of sp³-hybridized carbons (Fsp3) is 0.308. The number of ether oxygens (including phenoxy) is 1. The lowest BCUT2D eigenvalue weighted by molar-refractivity contribution is 0.0518. The highest BCUT2D eigenvalue weighted by molar-refractivity contribution is 6.07. The number of ketones is 1. The maximum absolute atomic E-state index is 13.6. The molecule has 3 rings (SSSR count). The van der Waals surface area contributed by atoms with Gasteiger partial charge >= 0.3 is 5.97 Å². The highest BCUT2D eigenvalue weighted by Crippen LogP contribution is 2.23. The Hall–Kier alpha value is -3.81. The molecule has 3 aromatic rings. The van der Waals surface area contributed by atoms with Gasteiger partial charge in [-0.05, 0) is 69.7 Å². The smallest absolute Gasteiger partial charge is 0.355 e. The molecule has 2 heterocycles. The molecule has 0 aliphatic heterocycles. The summed E-state index contributed by atoms with van der Waals surface area (Å²) in [6.07, 6.45) is 2.10. The number of H-pyrrole nitrogens is 1. The first-order chi connectivity index (χ1) is 16.2. The Morgan fingerprint density at radius 3 is 2.44 bits per heavy atom. The summed E-state index contributed by atoms with van der Waals surface area (Å²) in [6.45, 7) is 7.18. The molecular weight excluding hydrogens is 437 g/mol. The van der Waals surface area contributed by atoms with Crippen LogP contribution < -0.4 is 0 Å². The molecule has 0 radical (unpaired) electrons. The van der Waals surface area contributed by atoms with E-state index in [1.807, 2.05) is 12.1 Å². The van der Waals surface area contributed by atoms with E-state index in [1.54, 1.807) is 40.0 Å². The summed E-state index contributed by atoms with van der Waals surface area (Å²) in [5, 5.41) is 0. The standard InChI is InChI=1S/C26H28FN3O4/c1-5-34-26(33)23-16(2)22(17(3)29-23)24(31)18(4)30(15-13-21-8-6-7-14-28-21)25(32)19-9-11-20(27)12-10-19/h6-12,14,18,29H,5,13,15H2,1-4H3/t18-/m1/s1. The molecule has 0 aliphatic rings. The second-order valence-electron chi connectivity index (χ2n) is 7.96. The number of pyridine rings is 1. The number of aromatic nitrogens is 2. The number of nitrogens with one attached hydrogen (secondary N) is 1. The van der Waals surface area contributed by atoms with E-state index in [9.17, 15) is 18.8 Å². The van der Waals surface area contributed by atoms with Crippen molar-refractivity contribution in [2.45, 2.75) is 40.2 Å². The zero-order chi connectivity index (χ0) is 24.8. The van der Waals surface area contributed by atoms with E-state index in [1.165, 1.54) is 29.2 Å². The first kappa shape index (κ1) is 24.8. The monoisotopic (exact) mass is 465 g/mol. The average Bonchev–Trinajstić information content (AvgIpc) is 3.13. The molecule has 34 heavy (non-hydrogen) atoms. The number of rotatable bonds is 9. The van der Waals surface area contributed by atoms with Crippen LogP contribution in [-0.4, -0.2) is 51.7 Å². The molecule has 178 valence electrons. The van der Waals surface area contributed by atoms with Gasteiger partial charge in [0.2, 0.25) is 0 Å². The molecule has 0 aliphatic carbocycles. The normalized spacial score (nSPS) is 11.7. The second kappa shape index (κ2) is 10.9. The Kier molecular flexibility index (Phi) is 7.94. The number of Topliss-reactive ketones (excluding diaryl/α,β-unsaturated/α-hetero) is 1. The molecule has 0 fully saturated rings. The average molecular weight is 466 g/mol. The Morgan fingerprint density at radius 2 is 1.82 bits per heavy atom. The zero-order valence-corrected chi connectivity index (χ0v) is 19.7. The van der Waals surface area contributed by atoms with Crippen molar-refractivity contribution in [1.82, 2.24) is 14.9 Å². The topological polar surface area (TPSA) is 92.4 Å². The summed E-state index contributed by atoms with van der Waals surface area (Å²) in [5.74, 6) is -1.69. The molecule has 0 spiro atoms. The summed E-state index contributed by atoms with van der Waals surface area (Å²) < 4.78 is 18.5. The van der Waals surface area contributed by atoms with E-state index < -0.39 is 23.7 Å². The van der Waals surface area contributed by atoms with E-state index in [-0.39, 0.29) is 30.2 Å². The lowest BCUT2D eigenvalue weighted by Gasteiger charge is -2.29. The summed E-state index contributed by atoms with van der Waals surface area (Å²) in [4.78, 5) is 47.9. The van der Waals surface area contributed by atoms with Gasteiger partial charge in [0.05, 0.1) is 12.6 Å². The van der Waals surface area contributed by atoms with Crippen LogP contribution in [0.15, 0.2) is 48.7 Å². The first-order valence-electron chi connectivity index (χ1n) is 11.1. The molecule has 0 bridgehead atoms. The van der Waals surface area contributed by atoms with Crippen molar-refractivity contribution in [2.24, 2.45) is 0 Å². The number of amides is 1. The van der Waals surface area contributed by atoms with Gasteiger partial charge in [0.1, 0.15) is 11.5 Å². The molecule has 1 amide bonds. The largest absolute Gasteiger partial charge is 0.461 e. The summed E-state index contributed by atoms with van der Waals surface area (Å²) in [6, 6.07) is 9.87. The van der Waals surface area contributed by atoms with Crippen LogP contribution in [0.4, 0.5) is 4.39 Å². The molecule has 1 atom stereocenters. The van der Waals surface area contributed by atoms with Crippen LogP contribution in [0.5, 0.6) is 0 Å². The molecule has 8 heteroatoms. The molecule has 0 saturated heterocycles. The Morgan fingerprint density at radius 1 is 1.12 bits per heavy atom. The highest BCUT2D eigenvalue weighted by atomic mass is 19.1. The molecule has 0 unspecified atom stereocenters. The molecule has 1 aromatic carbocycles. The number of halogens is 1. The van der Waals surface area contributed by atoms with Crippen molar-refractivity contribution in [3.63, 3.8) is 0 Å². The van der Waals surface area contributed by atoms with E-state index >= 15 is 0 Å². The minimum Gasteiger partial charge on any atom is -0.461 e. The number of benzene rings is 1. The van der Waals surface area contributed by atoms with E-state index in [0.29, 0.717) is 23.2 Å². The lowest BCUT2D eigenvalue weighted by Crippen LogP contribution is -2.44. The van der Waals surface area contributed by atoms with Crippen molar-refractivity contribution in [2.75, 3.05) is 13.2 Å². The number of carbonyl (C=O) groups excluding carboxylic acids is 3. The predicted octanol–water partition coefficient (Wildman–Crippen LogP) is 4.30. The van der Waals surface area contributed by atoms with Gasteiger partial charge in [-0.2, -0.15) is 0 Å². The summed E-state index contributed by atoms with van der Waals surface area (Å²) in [5.41, 5.74) is 2.63. The van der Waals surface area contributed by atoms with Gasteiger partial charge in [-0.25, -0.2) is 9.18 Å². The van der Waals surface area contributed by atoms with Crippen molar-refractivity contribution in [3.8, 4) is 0 Å². The van der Waals surface area contributed by atoms with Gasteiger partial charge < -0.3 is 14.6 Å². The fourth-order valence-electron chi connectivity index (χ4n) is 3.89. The number of esters is 1. The van der Waals surface area contributed by atoms with Crippen LogP contribution in [0.3, 0.4) is 0 Å². The van der Waals surface area contributed by atoms with Crippen LogP contribution in [-0.2, 0) is 11.2 Å². The maximum atomic E-state index is 13.6. The number of hydrogen-bond donors (Lipinski definition) is 1.